The molecule has 2 fully saturated rings. The number of sulfonamides is 1. The van der Waals surface area contributed by atoms with Crippen molar-refractivity contribution in [2.75, 3.05) is 64.5 Å². The Hall–Kier alpha value is -2.14. The molecule has 2 aliphatic heterocycles. The smallest absolute Gasteiger partial charge is 0.243 e. The largest absolute Gasteiger partial charge is 0.495 e. The standard InChI is InChI=1S/C21H27N3O5S2/c1-28-20-5-4-18(31(26,27)24-10-12-29-13-11-24)16-19(20)22-6-8-23(9-7-22)21(25)15-17-3-2-14-30-17/h2-5,14,16H,6-13,15H2,1H3. The molecule has 0 aliphatic carbocycles. The van der Waals surface area contributed by atoms with Crippen molar-refractivity contribution >= 4 is 33.0 Å². The minimum absolute atomic E-state index is 0.123. The topological polar surface area (TPSA) is 79.4 Å². The van der Waals surface area contributed by atoms with E-state index in [4.69, 9.17) is 9.47 Å². The number of ether oxygens (including phenoxy) is 2. The number of morpholine rings is 1. The third-order valence-electron chi connectivity index (χ3n) is 5.64. The molecule has 0 bridgehead atoms. The van der Waals surface area contributed by atoms with Gasteiger partial charge in [0.05, 0.1) is 37.3 Å². The first-order chi connectivity index (χ1) is 15.0. The quantitative estimate of drug-likeness (QED) is 0.646. The van der Waals surface area contributed by atoms with Crippen LogP contribution in [0.4, 0.5) is 5.69 Å². The number of thiophene rings is 1. The van der Waals surface area contributed by atoms with Gasteiger partial charge in [0.2, 0.25) is 15.9 Å². The Morgan fingerprint density at radius 2 is 1.84 bits per heavy atom. The second-order valence-electron chi connectivity index (χ2n) is 7.47. The molecule has 1 amide bonds. The zero-order valence-electron chi connectivity index (χ0n) is 17.5. The van der Waals surface area contributed by atoms with Gasteiger partial charge in [-0.1, -0.05) is 6.07 Å². The number of benzene rings is 1. The van der Waals surface area contributed by atoms with E-state index in [1.165, 1.54) is 4.31 Å². The number of carbonyl (C=O) groups is 1. The van der Waals surface area contributed by atoms with E-state index in [9.17, 15) is 13.2 Å². The van der Waals surface area contributed by atoms with Gasteiger partial charge >= 0.3 is 0 Å². The van der Waals surface area contributed by atoms with Gasteiger partial charge in [0.25, 0.3) is 0 Å². The summed E-state index contributed by atoms with van der Waals surface area (Å²) in [6, 6.07) is 8.91. The second kappa shape index (κ2) is 9.56. The molecule has 10 heteroatoms. The summed E-state index contributed by atoms with van der Waals surface area (Å²) in [5.41, 5.74) is 0.738. The van der Waals surface area contributed by atoms with E-state index in [-0.39, 0.29) is 10.8 Å². The predicted octanol–water partition coefficient (Wildman–Crippen LogP) is 1.67. The Morgan fingerprint density at radius 1 is 1.10 bits per heavy atom. The van der Waals surface area contributed by atoms with E-state index in [0.29, 0.717) is 64.7 Å². The highest BCUT2D eigenvalue weighted by Crippen LogP contribution is 2.33. The van der Waals surface area contributed by atoms with Crippen LogP contribution < -0.4 is 9.64 Å². The minimum atomic E-state index is -3.59. The third-order valence-corrected chi connectivity index (χ3v) is 8.41. The maximum Gasteiger partial charge on any atom is 0.243 e. The van der Waals surface area contributed by atoms with Crippen molar-refractivity contribution in [1.29, 1.82) is 0 Å². The number of hydrogen-bond acceptors (Lipinski definition) is 7. The lowest BCUT2D eigenvalue weighted by Gasteiger charge is -2.37. The number of piperazine rings is 1. The number of nitrogens with zero attached hydrogens (tertiary/aromatic N) is 3. The van der Waals surface area contributed by atoms with E-state index in [0.717, 1.165) is 10.6 Å². The molecule has 2 aliphatic rings. The summed E-state index contributed by atoms with van der Waals surface area (Å²) in [6.45, 7) is 3.94. The second-order valence-corrected chi connectivity index (χ2v) is 10.4. The fourth-order valence-electron chi connectivity index (χ4n) is 3.88. The van der Waals surface area contributed by atoms with Gasteiger partial charge in [-0.3, -0.25) is 4.79 Å². The molecule has 4 rings (SSSR count). The van der Waals surface area contributed by atoms with Gasteiger partial charge in [-0.25, -0.2) is 8.42 Å². The summed E-state index contributed by atoms with van der Waals surface area (Å²) in [6.07, 6.45) is 0.425. The van der Waals surface area contributed by atoms with Crippen molar-refractivity contribution in [2.24, 2.45) is 0 Å². The van der Waals surface area contributed by atoms with Crippen molar-refractivity contribution in [3.8, 4) is 5.75 Å². The van der Waals surface area contributed by atoms with Crippen LogP contribution in [0.15, 0.2) is 40.6 Å². The first-order valence-electron chi connectivity index (χ1n) is 10.3. The Morgan fingerprint density at radius 3 is 2.48 bits per heavy atom. The molecule has 0 radical (unpaired) electrons. The Labute approximate surface area is 187 Å². The van der Waals surface area contributed by atoms with Crippen molar-refractivity contribution in [2.45, 2.75) is 11.3 Å². The van der Waals surface area contributed by atoms with Crippen LogP contribution in [0.2, 0.25) is 0 Å². The highest BCUT2D eigenvalue weighted by atomic mass is 32.2. The number of carbonyl (C=O) groups excluding carboxylic acids is 1. The number of methoxy groups -OCH3 is 1. The summed E-state index contributed by atoms with van der Waals surface area (Å²) in [7, 11) is -2.01. The molecule has 0 unspecified atom stereocenters. The molecule has 1 aromatic heterocycles. The van der Waals surface area contributed by atoms with Gasteiger partial charge in [0.15, 0.2) is 0 Å². The average Bonchev–Trinajstić information content (AvgIpc) is 3.32. The Balaban J connectivity index is 1.47. The van der Waals surface area contributed by atoms with Crippen LogP contribution >= 0.6 is 11.3 Å². The lowest BCUT2D eigenvalue weighted by atomic mass is 10.2. The molecule has 0 N–H and O–H groups in total. The third kappa shape index (κ3) is 4.87. The Bertz CT molecular complexity index is 996. The first-order valence-corrected chi connectivity index (χ1v) is 12.6. The number of rotatable bonds is 6. The molecule has 0 atom stereocenters. The van der Waals surface area contributed by atoms with Crippen LogP contribution in [0.1, 0.15) is 4.88 Å². The zero-order chi connectivity index (χ0) is 21.8. The molecule has 0 saturated carbocycles. The van der Waals surface area contributed by atoms with Crippen molar-refractivity contribution < 1.29 is 22.7 Å². The molecule has 1 aromatic carbocycles. The van der Waals surface area contributed by atoms with Crippen LogP contribution in [0, 0.1) is 0 Å². The summed E-state index contributed by atoms with van der Waals surface area (Å²) in [4.78, 5) is 17.9. The van der Waals surface area contributed by atoms with Gasteiger partial charge in [-0.15, -0.1) is 11.3 Å². The van der Waals surface area contributed by atoms with Crippen LogP contribution in [-0.4, -0.2) is 83.1 Å². The van der Waals surface area contributed by atoms with Gasteiger partial charge < -0.3 is 19.3 Å². The normalized spacial score (nSPS) is 18.2. The zero-order valence-corrected chi connectivity index (χ0v) is 19.2. The van der Waals surface area contributed by atoms with E-state index in [2.05, 4.69) is 4.90 Å². The Kier molecular flexibility index (Phi) is 6.80. The molecule has 0 spiro atoms. The maximum absolute atomic E-state index is 13.1. The maximum atomic E-state index is 13.1. The van der Waals surface area contributed by atoms with Gasteiger partial charge in [0.1, 0.15) is 5.75 Å². The molecule has 8 nitrogen and oxygen atoms in total. The minimum Gasteiger partial charge on any atom is -0.495 e. The van der Waals surface area contributed by atoms with E-state index in [1.807, 2.05) is 22.4 Å². The molecule has 31 heavy (non-hydrogen) atoms. The molecule has 2 aromatic rings. The van der Waals surface area contributed by atoms with Crippen LogP contribution in [0.5, 0.6) is 5.75 Å². The highest BCUT2D eigenvalue weighted by Gasteiger charge is 2.29. The van der Waals surface area contributed by atoms with Crippen molar-refractivity contribution in [1.82, 2.24) is 9.21 Å². The SMILES string of the molecule is COc1ccc(S(=O)(=O)N2CCOCC2)cc1N1CCN(C(=O)Cc2cccs2)CC1. The number of anilines is 1. The van der Waals surface area contributed by atoms with Crippen LogP contribution in [0.3, 0.4) is 0 Å². The number of amides is 1. The summed E-state index contributed by atoms with van der Waals surface area (Å²) >= 11 is 1.59. The van der Waals surface area contributed by atoms with Gasteiger partial charge in [0, 0.05) is 44.1 Å². The molecule has 168 valence electrons. The predicted molar refractivity (Wildman–Crippen MR) is 119 cm³/mol. The lowest BCUT2D eigenvalue weighted by Crippen LogP contribution is -2.49. The highest BCUT2D eigenvalue weighted by molar-refractivity contribution is 7.89. The molecular formula is C21H27N3O5S2. The monoisotopic (exact) mass is 465 g/mol. The molecule has 3 heterocycles. The van der Waals surface area contributed by atoms with Gasteiger partial charge in [-0.2, -0.15) is 4.31 Å². The number of hydrogen-bond donors (Lipinski definition) is 0. The van der Waals surface area contributed by atoms with Crippen molar-refractivity contribution in [3.05, 3.63) is 40.6 Å². The lowest BCUT2D eigenvalue weighted by molar-refractivity contribution is -0.130. The first kappa shape index (κ1) is 22.1. The summed E-state index contributed by atoms with van der Waals surface area (Å²) in [5.74, 6) is 0.747. The van der Waals surface area contributed by atoms with Crippen LogP contribution in [0.25, 0.3) is 0 Å². The summed E-state index contributed by atoms with van der Waals surface area (Å²) < 4.78 is 38.4. The van der Waals surface area contributed by atoms with E-state index >= 15 is 0 Å². The fourth-order valence-corrected chi connectivity index (χ4v) is 6.01. The van der Waals surface area contributed by atoms with E-state index in [1.54, 1.807) is 36.6 Å². The fraction of sp³-hybridized carbons (Fsp3) is 0.476. The summed E-state index contributed by atoms with van der Waals surface area (Å²) in [5, 5.41) is 1.98. The molecule has 2 saturated heterocycles. The van der Waals surface area contributed by atoms with E-state index < -0.39 is 10.0 Å². The average molecular weight is 466 g/mol. The van der Waals surface area contributed by atoms with Gasteiger partial charge in [-0.05, 0) is 29.6 Å². The van der Waals surface area contributed by atoms with Crippen LogP contribution in [-0.2, 0) is 26.0 Å². The molecular weight excluding hydrogens is 438 g/mol. The van der Waals surface area contributed by atoms with Crippen molar-refractivity contribution in [3.63, 3.8) is 0 Å².